The van der Waals surface area contributed by atoms with Crippen LogP contribution in [0.3, 0.4) is 0 Å². The quantitative estimate of drug-likeness (QED) is 0.673. The Kier molecular flexibility index (Phi) is 5.45. The van der Waals surface area contributed by atoms with E-state index < -0.39 is 5.97 Å². The Labute approximate surface area is 101 Å². The summed E-state index contributed by atoms with van der Waals surface area (Å²) in [7, 11) is 0. The maximum absolute atomic E-state index is 10.4. The van der Waals surface area contributed by atoms with Gasteiger partial charge in [0.1, 0.15) is 5.82 Å². The third kappa shape index (κ3) is 4.05. The number of carboxylic acids is 1. The van der Waals surface area contributed by atoms with Crippen molar-refractivity contribution in [3.05, 3.63) is 5.82 Å². The molecule has 2 N–H and O–H groups in total. The highest BCUT2D eigenvalue weighted by Crippen LogP contribution is 2.10. The summed E-state index contributed by atoms with van der Waals surface area (Å²) in [6, 6.07) is 0. The Morgan fingerprint density at radius 2 is 2.12 bits per heavy atom. The van der Waals surface area contributed by atoms with E-state index in [1.807, 2.05) is 18.4 Å². The molecule has 0 radical (unpaired) electrons. The van der Waals surface area contributed by atoms with Crippen molar-refractivity contribution >= 4 is 11.9 Å². The molecule has 0 aliphatic heterocycles. The second kappa shape index (κ2) is 6.88. The molecule has 17 heavy (non-hydrogen) atoms. The number of anilines is 1. The maximum atomic E-state index is 10.4. The Morgan fingerprint density at radius 3 is 2.71 bits per heavy atom. The highest BCUT2D eigenvalue weighted by atomic mass is 16.4. The van der Waals surface area contributed by atoms with Gasteiger partial charge in [-0.25, -0.2) is 0 Å². The molecule has 1 heterocycles. The number of carboxylic acid groups (broad SMARTS) is 1. The first-order valence-electron chi connectivity index (χ1n) is 6.06. The van der Waals surface area contributed by atoms with Gasteiger partial charge in [-0.3, -0.25) is 9.36 Å². The van der Waals surface area contributed by atoms with Gasteiger partial charge in [0, 0.05) is 25.9 Å². The molecule has 0 fully saturated rings. The third-order valence-electron chi connectivity index (χ3n) is 2.52. The molecule has 0 aromatic carbocycles. The summed E-state index contributed by atoms with van der Waals surface area (Å²) in [5.41, 5.74) is 0. The predicted octanol–water partition coefficient (Wildman–Crippen LogP) is 1.53. The maximum Gasteiger partial charge on any atom is 0.303 e. The molecule has 0 aliphatic carbocycles. The van der Waals surface area contributed by atoms with Crippen LogP contribution in [0.2, 0.25) is 0 Å². The van der Waals surface area contributed by atoms with Gasteiger partial charge in [-0.1, -0.05) is 0 Å². The molecule has 0 bridgehead atoms. The molecule has 0 amide bonds. The molecule has 1 aromatic rings. The molecular weight excluding hydrogens is 220 g/mol. The van der Waals surface area contributed by atoms with Crippen LogP contribution in [0.4, 0.5) is 5.95 Å². The van der Waals surface area contributed by atoms with E-state index in [4.69, 9.17) is 5.11 Å². The Morgan fingerprint density at radius 1 is 1.35 bits per heavy atom. The lowest BCUT2D eigenvalue weighted by atomic mass is 10.2. The molecule has 1 rings (SSSR count). The van der Waals surface area contributed by atoms with Crippen molar-refractivity contribution in [1.82, 2.24) is 14.8 Å². The van der Waals surface area contributed by atoms with E-state index in [-0.39, 0.29) is 6.42 Å². The summed E-state index contributed by atoms with van der Waals surface area (Å²) in [5, 5.41) is 19.9. The zero-order valence-electron chi connectivity index (χ0n) is 10.4. The van der Waals surface area contributed by atoms with Gasteiger partial charge in [0.2, 0.25) is 5.95 Å². The second-order valence-electron chi connectivity index (χ2n) is 3.82. The molecule has 6 heteroatoms. The van der Waals surface area contributed by atoms with E-state index >= 15 is 0 Å². The van der Waals surface area contributed by atoms with Crippen LogP contribution in [0.1, 0.15) is 38.9 Å². The molecule has 96 valence electrons. The molecule has 1 aromatic heterocycles. The molecule has 0 atom stereocenters. The van der Waals surface area contributed by atoms with E-state index in [0.29, 0.717) is 6.42 Å². The number of aryl methyl sites for hydroxylation is 1. The van der Waals surface area contributed by atoms with E-state index in [2.05, 4.69) is 15.5 Å². The number of rotatable bonds is 8. The minimum atomic E-state index is -0.740. The number of carbonyl (C=O) groups is 1. The standard InChI is InChI=1S/C11H20N4O2/c1-3-12-11-14-13-9(15(11)4-2)7-5-6-8-10(16)17/h3-8H2,1-2H3,(H,12,14)(H,16,17). The van der Waals surface area contributed by atoms with Crippen LogP contribution in [0.25, 0.3) is 0 Å². The van der Waals surface area contributed by atoms with Crippen LogP contribution in [-0.4, -0.2) is 32.4 Å². The molecular formula is C11H20N4O2. The van der Waals surface area contributed by atoms with Crippen LogP contribution in [-0.2, 0) is 17.8 Å². The van der Waals surface area contributed by atoms with Gasteiger partial charge in [-0.15, -0.1) is 10.2 Å². The van der Waals surface area contributed by atoms with Crippen molar-refractivity contribution in [2.24, 2.45) is 0 Å². The molecule has 0 unspecified atom stereocenters. The fourth-order valence-electron chi connectivity index (χ4n) is 1.70. The number of hydrogen-bond donors (Lipinski definition) is 2. The summed E-state index contributed by atoms with van der Waals surface area (Å²) >= 11 is 0. The Bertz CT molecular complexity index is 362. The van der Waals surface area contributed by atoms with Crippen molar-refractivity contribution in [2.45, 2.75) is 46.1 Å². The molecule has 0 spiro atoms. The van der Waals surface area contributed by atoms with Crippen molar-refractivity contribution in [2.75, 3.05) is 11.9 Å². The summed E-state index contributed by atoms with van der Waals surface area (Å²) < 4.78 is 2.03. The van der Waals surface area contributed by atoms with Gasteiger partial charge in [0.25, 0.3) is 0 Å². The fourth-order valence-corrected chi connectivity index (χ4v) is 1.70. The molecule has 0 saturated carbocycles. The first-order chi connectivity index (χ1) is 8.19. The SMILES string of the molecule is CCNc1nnc(CCCCC(=O)O)n1CC. The zero-order valence-corrected chi connectivity index (χ0v) is 10.4. The van der Waals surface area contributed by atoms with Crippen molar-refractivity contribution in [1.29, 1.82) is 0 Å². The highest BCUT2D eigenvalue weighted by molar-refractivity contribution is 5.66. The molecule has 0 aliphatic rings. The van der Waals surface area contributed by atoms with Gasteiger partial charge in [-0.05, 0) is 26.7 Å². The number of aromatic nitrogens is 3. The summed E-state index contributed by atoms with van der Waals surface area (Å²) in [5.74, 6) is 0.979. The lowest BCUT2D eigenvalue weighted by Crippen LogP contribution is -2.08. The first kappa shape index (κ1) is 13.5. The average molecular weight is 240 g/mol. The van der Waals surface area contributed by atoms with Crippen LogP contribution in [0, 0.1) is 0 Å². The van der Waals surface area contributed by atoms with Crippen LogP contribution < -0.4 is 5.32 Å². The Hall–Kier alpha value is -1.59. The lowest BCUT2D eigenvalue weighted by Gasteiger charge is -2.07. The van der Waals surface area contributed by atoms with Crippen molar-refractivity contribution in [3.63, 3.8) is 0 Å². The van der Waals surface area contributed by atoms with Crippen LogP contribution in [0.15, 0.2) is 0 Å². The molecule has 6 nitrogen and oxygen atoms in total. The lowest BCUT2D eigenvalue weighted by molar-refractivity contribution is -0.137. The van der Waals surface area contributed by atoms with E-state index in [1.165, 1.54) is 0 Å². The average Bonchev–Trinajstić information content (AvgIpc) is 2.67. The minimum Gasteiger partial charge on any atom is -0.481 e. The predicted molar refractivity (Wildman–Crippen MR) is 65.1 cm³/mol. The van der Waals surface area contributed by atoms with E-state index in [9.17, 15) is 4.79 Å². The number of unbranched alkanes of at least 4 members (excludes halogenated alkanes) is 1. The fraction of sp³-hybridized carbons (Fsp3) is 0.727. The number of nitrogens with zero attached hydrogens (tertiary/aromatic N) is 3. The zero-order chi connectivity index (χ0) is 12.7. The summed E-state index contributed by atoms with van der Waals surface area (Å²) in [6.07, 6.45) is 2.51. The van der Waals surface area contributed by atoms with Crippen LogP contribution >= 0.6 is 0 Å². The van der Waals surface area contributed by atoms with Crippen molar-refractivity contribution in [3.8, 4) is 0 Å². The van der Waals surface area contributed by atoms with Gasteiger partial charge in [-0.2, -0.15) is 0 Å². The Balaban J connectivity index is 2.49. The first-order valence-corrected chi connectivity index (χ1v) is 6.06. The van der Waals surface area contributed by atoms with Gasteiger partial charge >= 0.3 is 5.97 Å². The van der Waals surface area contributed by atoms with Gasteiger partial charge in [0.05, 0.1) is 0 Å². The third-order valence-corrected chi connectivity index (χ3v) is 2.52. The van der Waals surface area contributed by atoms with E-state index in [1.54, 1.807) is 0 Å². The molecule has 0 saturated heterocycles. The topological polar surface area (TPSA) is 80.0 Å². The van der Waals surface area contributed by atoms with E-state index in [0.717, 1.165) is 37.7 Å². The summed E-state index contributed by atoms with van der Waals surface area (Å²) in [6.45, 7) is 5.70. The summed E-state index contributed by atoms with van der Waals surface area (Å²) in [4.78, 5) is 10.4. The van der Waals surface area contributed by atoms with Gasteiger partial charge in [0.15, 0.2) is 0 Å². The largest absolute Gasteiger partial charge is 0.481 e. The normalized spacial score (nSPS) is 10.5. The van der Waals surface area contributed by atoms with Crippen molar-refractivity contribution < 1.29 is 9.90 Å². The monoisotopic (exact) mass is 240 g/mol. The highest BCUT2D eigenvalue weighted by Gasteiger charge is 2.09. The second-order valence-corrected chi connectivity index (χ2v) is 3.82. The minimum absolute atomic E-state index is 0.223. The van der Waals surface area contributed by atoms with Crippen LogP contribution in [0.5, 0.6) is 0 Å². The number of aliphatic carboxylic acids is 1. The number of nitrogens with one attached hydrogen (secondary N) is 1. The smallest absolute Gasteiger partial charge is 0.303 e. The van der Waals surface area contributed by atoms with Gasteiger partial charge < -0.3 is 10.4 Å². The number of hydrogen-bond acceptors (Lipinski definition) is 4.